The largest absolute Gasteiger partial charge is 0.377 e. The Bertz CT molecular complexity index is 631. The van der Waals surface area contributed by atoms with Crippen molar-refractivity contribution >= 4 is 16.9 Å². The lowest BCUT2D eigenvalue weighted by atomic mass is 10.1. The van der Waals surface area contributed by atoms with Gasteiger partial charge in [0.15, 0.2) is 0 Å². The van der Waals surface area contributed by atoms with Crippen molar-refractivity contribution < 1.29 is 9.53 Å². The lowest BCUT2D eigenvalue weighted by molar-refractivity contribution is 0.000848. The van der Waals surface area contributed by atoms with Gasteiger partial charge in [0.1, 0.15) is 0 Å². The minimum absolute atomic E-state index is 0.0312. The summed E-state index contributed by atoms with van der Waals surface area (Å²) in [6.45, 7) is 2.02. The van der Waals surface area contributed by atoms with Crippen LogP contribution in [0.1, 0.15) is 10.4 Å². The molecule has 2 N–H and O–H groups in total. The molecule has 1 saturated heterocycles. The summed E-state index contributed by atoms with van der Waals surface area (Å²) in [5.74, 6) is -0.0312. The van der Waals surface area contributed by atoms with Crippen LogP contribution in [0.15, 0.2) is 30.6 Å². The first-order valence-electron chi connectivity index (χ1n) is 6.59. The number of morpholine rings is 1. The van der Waals surface area contributed by atoms with E-state index in [1.165, 1.54) is 0 Å². The summed E-state index contributed by atoms with van der Waals surface area (Å²) < 4.78 is 5.36. The molecule has 1 aromatic heterocycles. The van der Waals surface area contributed by atoms with Gasteiger partial charge in [-0.3, -0.25) is 14.8 Å². The van der Waals surface area contributed by atoms with Crippen molar-refractivity contribution in [3.05, 3.63) is 36.2 Å². The normalized spacial score (nSPS) is 19.2. The van der Waals surface area contributed by atoms with E-state index in [9.17, 15) is 4.79 Å². The molecule has 1 aliphatic heterocycles. The second kappa shape index (κ2) is 5.52. The van der Waals surface area contributed by atoms with Gasteiger partial charge in [-0.05, 0) is 18.2 Å². The molecule has 104 valence electrons. The predicted molar refractivity (Wildman–Crippen MR) is 74.2 cm³/mol. The van der Waals surface area contributed by atoms with Gasteiger partial charge in [0, 0.05) is 31.0 Å². The summed E-state index contributed by atoms with van der Waals surface area (Å²) in [6, 6.07) is 5.30. The smallest absolute Gasteiger partial charge is 0.254 e. The highest BCUT2D eigenvalue weighted by atomic mass is 16.5. The third kappa shape index (κ3) is 2.35. The molecule has 0 bridgehead atoms. The highest BCUT2D eigenvalue weighted by molar-refractivity contribution is 5.97. The monoisotopic (exact) mass is 272 g/mol. The number of rotatable bonds is 2. The topological polar surface area (TPSA) is 81.3 Å². The van der Waals surface area contributed by atoms with Crippen LogP contribution in [-0.4, -0.2) is 53.1 Å². The second-order valence-electron chi connectivity index (χ2n) is 4.72. The van der Waals surface area contributed by atoms with E-state index in [4.69, 9.17) is 10.5 Å². The molecule has 1 atom stereocenters. The third-order valence-corrected chi connectivity index (χ3v) is 3.48. The highest BCUT2D eigenvalue weighted by Crippen LogP contribution is 2.16. The maximum absolute atomic E-state index is 12.6. The molecular formula is C14H16N4O2. The molecular weight excluding hydrogens is 256 g/mol. The molecule has 2 heterocycles. The fourth-order valence-corrected chi connectivity index (χ4v) is 2.38. The summed E-state index contributed by atoms with van der Waals surface area (Å²) in [5.41, 5.74) is 7.81. The van der Waals surface area contributed by atoms with E-state index >= 15 is 0 Å². The summed E-state index contributed by atoms with van der Waals surface area (Å²) in [4.78, 5) is 22.8. The molecule has 6 heteroatoms. The van der Waals surface area contributed by atoms with Crippen molar-refractivity contribution in [3.8, 4) is 0 Å². The number of nitrogens with two attached hydrogens (primary N) is 1. The fourth-order valence-electron chi connectivity index (χ4n) is 2.38. The predicted octanol–water partition coefficient (Wildman–Crippen LogP) is 0.430. The minimum Gasteiger partial charge on any atom is -0.377 e. The molecule has 6 nitrogen and oxygen atoms in total. The van der Waals surface area contributed by atoms with Crippen LogP contribution in [0.4, 0.5) is 0 Å². The van der Waals surface area contributed by atoms with Crippen LogP contribution >= 0.6 is 0 Å². The van der Waals surface area contributed by atoms with E-state index in [-0.39, 0.29) is 11.9 Å². The van der Waals surface area contributed by atoms with Crippen LogP contribution in [0.25, 0.3) is 11.0 Å². The maximum Gasteiger partial charge on any atom is 0.254 e. The van der Waals surface area contributed by atoms with Gasteiger partial charge in [-0.2, -0.15) is 0 Å². The lowest BCUT2D eigenvalue weighted by Crippen LogP contribution is -2.52. The zero-order valence-corrected chi connectivity index (χ0v) is 11.0. The van der Waals surface area contributed by atoms with E-state index in [1.54, 1.807) is 29.4 Å². The number of hydrogen-bond acceptors (Lipinski definition) is 5. The third-order valence-electron chi connectivity index (χ3n) is 3.48. The van der Waals surface area contributed by atoms with E-state index in [2.05, 4.69) is 9.97 Å². The van der Waals surface area contributed by atoms with Gasteiger partial charge in [0.25, 0.3) is 5.91 Å². The van der Waals surface area contributed by atoms with Crippen LogP contribution in [0.3, 0.4) is 0 Å². The Morgan fingerprint density at radius 1 is 1.35 bits per heavy atom. The number of benzene rings is 1. The fraction of sp³-hybridized carbons (Fsp3) is 0.357. The Morgan fingerprint density at radius 3 is 2.95 bits per heavy atom. The second-order valence-corrected chi connectivity index (χ2v) is 4.72. The molecule has 0 radical (unpaired) electrons. The van der Waals surface area contributed by atoms with Gasteiger partial charge in [-0.15, -0.1) is 0 Å². The van der Waals surface area contributed by atoms with Crippen molar-refractivity contribution in [3.63, 3.8) is 0 Å². The van der Waals surface area contributed by atoms with Gasteiger partial charge >= 0.3 is 0 Å². The summed E-state index contributed by atoms with van der Waals surface area (Å²) in [7, 11) is 0. The molecule has 20 heavy (non-hydrogen) atoms. The molecule has 0 spiro atoms. The first kappa shape index (κ1) is 13.0. The number of ether oxygens (including phenoxy) is 1. The van der Waals surface area contributed by atoms with Crippen molar-refractivity contribution in [1.82, 2.24) is 14.9 Å². The maximum atomic E-state index is 12.6. The van der Waals surface area contributed by atoms with E-state index in [1.807, 2.05) is 6.07 Å². The van der Waals surface area contributed by atoms with Gasteiger partial charge in [-0.25, -0.2) is 0 Å². The first-order valence-corrected chi connectivity index (χ1v) is 6.59. The average molecular weight is 272 g/mol. The minimum atomic E-state index is -0.0613. The van der Waals surface area contributed by atoms with Crippen molar-refractivity contribution in [2.24, 2.45) is 5.73 Å². The number of nitrogens with zero attached hydrogens (tertiary/aromatic N) is 3. The van der Waals surface area contributed by atoms with Gasteiger partial charge in [-0.1, -0.05) is 0 Å². The Hall–Kier alpha value is -2.05. The van der Waals surface area contributed by atoms with Crippen LogP contribution in [0.5, 0.6) is 0 Å². The summed E-state index contributed by atoms with van der Waals surface area (Å²) in [5, 5.41) is 0. The average Bonchev–Trinajstić information content (AvgIpc) is 2.53. The van der Waals surface area contributed by atoms with Crippen LogP contribution < -0.4 is 5.73 Å². The van der Waals surface area contributed by atoms with Gasteiger partial charge in [0.2, 0.25) is 0 Å². The number of aromatic nitrogens is 2. The molecule has 0 aliphatic carbocycles. The van der Waals surface area contributed by atoms with Crippen molar-refractivity contribution in [1.29, 1.82) is 0 Å². The van der Waals surface area contributed by atoms with Crippen molar-refractivity contribution in [2.75, 3.05) is 26.3 Å². The van der Waals surface area contributed by atoms with E-state index < -0.39 is 0 Å². The van der Waals surface area contributed by atoms with Crippen LogP contribution in [0.2, 0.25) is 0 Å². The van der Waals surface area contributed by atoms with Crippen LogP contribution in [-0.2, 0) is 4.74 Å². The number of hydrogen-bond donors (Lipinski definition) is 1. The zero-order chi connectivity index (χ0) is 13.9. The Balaban J connectivity index is 1.91. The number of carbonyl (C=O) groups excluding carboxylic acids is 1. The quantitative estimate of drug-likeness (QED) is 0.857. The molecule has 1 aliphatic rings. The van der Waals surface area contributed by atoms with Crippen LogP contribution in [0, 0.1) is 0 Å². The molecule has 0 saturated carbocycles. The molecule has 1 aromatic carbocycles. The lowest BCUT2D eigenvalue weighted by Gasteiger charge is -2.34. The molecule has 1 amide bonds. The Labute approximate surface area is 116 Å². The summed E-state index contributed by atoms with van der Waals surface area (Å²) >= 11 is 0. The molecule has 2 aromatic rings. The number of amides is 1. The molecule has 1 unspecified atom stereocenters. The SMILES string of the molecule is NCC1COCCN1C(=O)c1ccc2nccnc2c1. The Kier molecular flexibility index (Phi) is 3.58. The standard InChI is InChI=1S/C14H16N4O2/c15-8-11-9-20-6-5-18(11)14(19)10-1-2-12-13(7-10)17-4-3-16-12/h1-4,7,11H,5-6,8-9,15H2. The first-order chi connectivity index (χ1) is 9.79. The van der Waals surface area contributed by atoms with Crippen molar-refractivity contribution in [2.45, 2.75) is 6.04 Å². The molecule has 1 fully saturated rings. The highest BCUT2D eigenvalue weighted by Gasteiger charge is 2.27. The Morgan fingerprint density at radius 2 is 2.15 bits per heavy atom. The zero-order valence-electron chi connectivity index (χ0n) is 11.0. The molecule has 3 rings (SSSR count). The number of fused-ring (bicyclic) bond motifs is 1. The number of carbonyl (C=O) groups is 1. The van der Waals surface area contributed by atoms with Gasteiger partial charge in [0.05, 0.1) is 30.3 Å². The van der Waals surface area contributed by atoms with E-state index in [0.29, 0.717) is 31.9 Å². The van der Waals surface area contributed by atoms with Gasteiger partial charge < -0.3 is 15.4 Å². The van der Waals surface area contributed by atoms with E-state index in [0.717, 1.165) is 11.0 Å². The summed E-state index contributed by atoms with van der Waals surface area (Å²) in [6.07, 6.45) is 3.25.